The van der Waals surface area contributed by atoms with Crippen molar-refractivity contribution in [3.8, 4) is 11.1 Å². The lowest BCUT2D eigenvalue weighted by atomic mass is 9.95. The summed E-state index contributed by atoms with van der Waals surface area (Å²) in [7, 11) is 8.16. The summed E-state index contributed by atoms with van der Waals surface area (Å²) in [6.45, 7) is 5.59. The van der Waals surface area contributed by atoms with E-state index >= 15 is 0 Å². The van der Waals surface area contributed by atoms with E-state index in [0.29, 0.717) is 12.5 Å². The number of amides is 1. The average Bonchev–Trinajstić information content (AvgIpc) is 3.48. The maximum atomic E-state index is 12.7. The van der Waals surface area contributed by atoms with Crippen LogP contribution in [0.3, 0.4) is 0 Å². The fourth-order valence-electron chi connectivity index (χ4n) is 5.69. The average molecular weight is 507 g/mol. The lowest BCUT2D eigenvalue weighted by molar-refractivity contribution is -0.127. The van der Waals surface area contributed by atoms with Crippen molar-refractivity contribution in [1.29, 1.82) is 0 Å². The fraction of sp³-hybridized carbons (Fsp3) is 0.536. The number of hydrogen-bond donors (Lipinski definition) is 0. The van der Waals surface area contributed by atoms with Crippen molar-refractivity contribution in [1.82, 2.24) is 24.7 Å². The molecule has 1 amide bonds. The molecule has 0 N–H and O–H groups in total. The fourth-order valence-corrected chi connectivity index (χ4v) is 6.84. The first kappa shape index (κ1) is 25.1. The first-order valence-electron chi connectivity index (χ1n) is 13.1. The Morgan fingerprint density at radius 1 is 1.06 bits per heavy atom. The summed E-state index contributed by atoms with van der Waals surface area (Å²) < 4.78 is 0. The zero-order chi connectivity index (χ0) is 25.2. The Balaban J connectivity index is 1.39. The van der Waals surface area contributed by atoms with Crippen molar-refractivity contribution < 1.29 is 4.79 Å². The van der Waals surface area contributed by atoms with Gasteiger partial charge in [-0.1, -0.05) is 30.3 Å². The Kier molecular flexibility index (Phi) is 7.55. The van der Waals surface area contributed by atoms with Crippen LogP contribution >= 0.6 is 11.3 Å². The van der Waals surface area contributed by atoms with Gasteiger partial charge in [0.1, 0.15) is 17.0 Å². The van der Waals surface area contributed by atoms with E-state index in [4.69, 9.17) is 4.98 Å². The molecule has 2 aromatic heterocycles. The Hall–Kier alpha value is -2.55. The molecule has 192 valence electrons. The molecule has 4 heterocycles. The second kappa shape index (κ2) is 10.8. The highest BCUT2D eigenvalue weighted by molar-refractivity contribution is 7.19. The molecule has 0 radical (unpaired) electrons. The number of anilines is 1. The predicted molar refractivity (Wildman–Crippen MR) is 149 cm³/mol. The number of likely N-dealkylation sites (tertiary alicyclic amines) is 1. The number of carbonyl (C=O) groups excluding carboxylic acids is 1. The van der Waals surface area contributed by atoms with E-state index < -0.39 is 0 Å². The van der Waals surface area contributed by atoms with E-state index in [-0.39, 0.29) is 5.91 Å². The summed E-state index contributed by atoms with van der Waals surface area (Å²) in [5, 5.41) is 1.10. The second-order valence-corrected chi connectivity index (χ2v) is 11.8. The number of fused-ring (bicyclic) bond motifs is 1. The molecule has 0 saturated carbocycles. The molecular formula is C28H38N6OS. The van der Waals surface area contributed by atoms with E-state index in [1.807, 2.05) is 20.2 Å². The van der Waals surface area contributed by atoms with Crippen LogP contribution in [0.2, 0.25) is 0 Å². The summed E-state index contributed by atoms with van der Waals surface area (Å²) in [6, 6.07) is 11.1. The van der Waals surface area contributed by atoms with Crippen LogP contribution in [0, 0.1) is 5.92 Å². The van der Waals surface area contributed by atoms with Gasteiger partial charge in [-0.25, -0.2) is 9.97 Å². The third kappa shape index (κ3) is 5.26. The summed E-state index contributed by atoms with van der Waals surface area (Å²) in [5.74, 6) is 1.84. The molecule has 1 aromatic carbocycles. The van der Waals surface area contributed by atoms with Crippen LogP contribution in [-0.4, -0.2) is 97.5 Å². The van der Waals surface area contributed by atoms with Crippen molar-refractivity contribution in [2.24, 2.45) is 5.92 Å². The number of likely N-dealkylation sites (N-methyl/N-ethyl adjacent to an activating group) is 3. The maximum Gasteiger partial charge on any atom is 0.227 e. The van der Waals surface area contributed by atoms with Gasteiger partial charge < -0.3 is 19.6 Å². The summed E-state index contributed by atoms with van der Waals surface area (Å²) in [6.07, 6.45) is 5.70. The minimum Gasteiger partial charge on any atom is -0.356 e. The van der Waals surface area contributed by atoms with E-state index in [2.05, 4.69) is 58.0 Å². The molecule has 3 aromatic rings. The minimum atomic E-state index is 0.103. The lowest BCUT2D eigenvalue weighted by Gasteiger charge is -2.36. The molecular weight excluding hydrogens is 468 g/mol. The second-order valence-electron chi connectivity index (χ2n) is 10.7. The number of aromatic nitrogens is 2. The van der Waals surface area contributed by atoms with Crippen LogP contribution in [0.25, 0.3) is 21.3 Å². The third-order valence-corrected chi connectivity index (χ3v) is 8.96. The van der Waals surface area contributed by atoms with Crippen molar-refractivity contribution >= 4 is 33.3 Å². The standard InChI is InChI=1S/C28H38N6OS/c1-31(2)24(35)16-23-25(21-8-6-5-7-9-21)26-27(29-19-30-28(26)36-23)34-14-10-20(11-15-34)17-33(4)22-12-13-32(3)18-22/h5-9,19-20,22H,10-18H2,1-4H3. The number of hydrogen-bond acceptors (Lipinski definition) is 7. The topological polar surface area (TPSA) is 55.8 Å². The molecule has 2 saturated heterocycles. The van der Waals surface area contributed by atoms with Gasteiger partial charge in [-0.2, -0.15) is 0 Å². The van der Waals surface area contributed by atoms with Crippen molar-refractivity contribution in [2.45, 2.75) is 31.7 Å². The Morgan fingerprint density at radius 3 is 2.47 bits per heavy atom. The number of nitrogens with zero attached hydrogens (tertiary/aromatic N) is 6. The van der Waals surface area contributed by atoms with Gasteiger partial charge in [-0.3, -0.25) is 4.79 Å². The summed E-state index contributed by atoms with van der Waals surface area (Å²) in [5.41, 5.74) is 2.24. The monoisotopic (exact) mass is 506 g/mol. The van der Waals surface area contributed by atoms with Gasteiger partial charge in [-0.05, 0) is 51.4 Å². The molecule has 2 fully saturated rings. The maximum absolute atomic E-state index is 12.7. The van der Waals surface area contributed by atoms with Crippen LogP contribution in [0.15, 0.2) is 36.7 Å². The number of piperidine rings is 1. The highest BCUT2D eigenvalue weighted by Gasteiger charge is 2.29. The number of benzene rings is 1. The molecule has 36 heavy (non-hydrogen) atoms. The van der Waals surface area contributed by atoms with Crippen LogP contribution in [0.1, 0.15) is 24.1 Å². The summed E-state index contributed by atoms with van der Waals surface area (Å²) in [4.78, 5) is 33.3. The molecule has 0 aliphatic carbocycles. The molecule has 0 bridgehead atoms. The SMILES string of the molecule is CN1CCC(N(C)CC2CCN(c3ncnc4sc(CC(=O)N(C)C)c(-c5ccccc5)c34)CC2)C1. The minimum absolute atomic E-state index is 0.103. The molecule has 8 heteroatoms. The van der Waals surface area contributed by atoms with E-state index in [1.54, 1.807) is 22.6 Å². The number of carbonyl (C=O) groups is 1. The third-order valence-electron chi connectivity index (χ3n) is 7.86. The first-order valence-corrected chi connectivity index (χ1v) is 13.9. The molecule has 7 nitrogen and oxygen atoms in total. The van der Waals surface area contributed by atoms with Gasteiger partial charge in [0.25, 0.3) is 0 Å². The van der Waals surface area contributed by atoms with Crippen molar-refractivity contribution in [3.05, 3.63) is 41.5 Å². The predicted octanol–water partition coefficient (Wildman–Crippen LogP) is 3.84. The summed E-state index contributed by atoms with van der Waals surface area (Å²) >= 11 is 1.63. The zero-order valence-corrected chi connectivity index (χ0v) is 22.8. The van der Waals surface area contributed by atoms with Crippen molar-refractivity contribution in [3.63, 3.8) is 0 Å². The van der Waals surface area contributed by atoms with Gasteiger partial charge in [-0.15, -0.1) is 11.3 Å². The smallest absolute Gasteiger partial charge is 0.227 e. The van der Waals surface area contributed by atoms with Gasteiger partial charge in [0.2, 0.25) is 5.91 Å². The molecule has 1 atom stereocenters. The van der Waals surface area contributed by atoms with E-state index in [9.17, 15) is 4.79 Å². The number of thiophene rings is 1. The molecule has 1 unspecified atom stereocenters. The molecule has 2 aliphatic rings. The molecule has 5 rings (SSSR count). The number of rotatable bonds is 7. The van der Waals surface area contributed by atoms with Crippen LogP contribution < -0.4 is 4.90 Å². The zero-order valence-electron chi connectivity index (χ0n) is 22.0. The highest BCUT2D eigenvalue weighted by atomic mass is 32.1. The van der Waals surface area contributed by atoms with E-state index in [1.165, 1.54) is 38.9 Å². The van der Waals surface area contributed by atoms with Crippen LogP contribution in [0.4, 0.5) is 5.82 Å². The van der Waals surface area contributed by atoms with Gasteiger partial charge in [0, 0.05) is 56.8 Å². The van der Waals surface area contributed by atoms with Gasteiger partial charge >= 0.3 is 0 Å². The van der Waals surface area contributed by atoms with Crippen LogP contribution in [0.5, 0.6) is 0 Å². The van der Waals surface area contributed by atoms with Gasteiger partial charge in [0.05, 0.1) is 11.8 Å². The highest BCUT2D eigenvalue weighted by Crippen LogP contribution is 2.43. The van der Waals surface area contributed by atoms with Crippen LogP contribution in [-0.2, 0) is 11.2 Å². The van der Waals surface area contributed by atoms with E-state index in [0.717, 1.165) is 51.0 Å². The molecule has 2 aliphatic heterocycles. The Labute approximate surface area is 218 Å². The first-order chi connectivity index (χ1) is 17.4. The largest absolute Gasteiger partial charge is 0.356 e. The Morgan fingerprint density at radius 2 is 1.81 bits per heavy atom. The quantitative estimate of drug-likeness (QED) is 0.485. The van der Waals surface area contributed by atoms with Gasteiger partial charge in [0.15, 0.2) is 0 Å². The molecule has 0 spiro atoms. The Bertz CT molecular complexity index is 1190. The van der Waals surface area contributed by atoms with Crippen molar-refractivity contribution in [2.75, 3.05) is 65.8 Å². The normalized spacial score (nSPS) is 19.5. The lowest BCUT2D eigenvalue weighted by Crippen LogP contribution is -2.42.